The van der Waals surface area contributed by atoms with Crippen molar-refractivity contribution >= 4 is 17.8 Å². The monoisotopic (exact) mass is 347 g/mol. The van der Waals surface area contributed by atoms with Crippen LogP contribution in [0.5, 0.6) is 0 Å². The fourth-order valence-electron chi connectivity index (χ4n) is 4.03. The maximum atomic E-state index is 12.7. The lowest BCUT2D eigenvalue weighted by atomic mass is 9.81. The second kappa shape index (κ2) is 5.57. The molecule has 8 nitrogen and oxygen atoms in total. The van der Waals surface area contributed by atoms with Crippen LogP contribution in [-0.2, 0) is 20.8 Å². The predicted molar refractivity (Wildman–Crippen MR) is 84.4 cm³/mol. The Bertz CT molecular complexity index is 740. The van der Waals surface area contributed by atoms with Gasteiger partial charge >= 0.3 is 5.97 Å². The number of amides is 2. The predicted octanol–water partition coefficient (Wildman–Crippen LogP) is 0.307. The molecule has 25 heavy (non-hydrogen) atoms. The third kappa shape index (κ3) is 2.69. The number of carboxylic acid groups (broad SMARTS) is 1. The standard InChI is InChI=1S/C17H21N3O5/c1-10-4-12(25-18-10)5-14(21)19-7-13-15(22)20(6-11-2-3-11)9-17(13,8-19)16(23)24/h4,11,13H,2-3,5-9H2,1H3,(H,23,24)/t13-,17-/m0/s1. The average molecular weight is 347 g/mol. The van der Waals surface area contributed by atoms with Crippen molar-refractivity contribution in [3.8, 4) is 0 Å². The molecule has 1 saturated carbocycles. The van der Waals surface area contributed by atoms with Gasteiger partial charge in [0.05, 0.1) is 18.0 Å². The van der Waals surface area contributed by atoms with E-state index in [1.54, 1.807) is 17.9 Å². The van der Waals surface area contributed by atoms with Gasteiger partial charge in [0.2, 0.25) is 11.8 Å². The van der Waals surface area contributed by atoms with Gasteiger partial charge in [-0.1, -0.05) is 5.16 Å². The van der Waals surface area contributed by atoms with E-state index in [4.69, 9.17) is 4.52 Å². The van der Waals surface area contributed by atoms with Gasteiger partial charge < -0.3 is 19.4 Å². The van der Waals surface area contributed by atoms with Crippen LogP contribution in [0.2, 0.25) is 0 Å². The summed E-state index contributed by atoms with van der Waals surface area (Å²) in [7, 11) is 0. The van der Waals surface area contributed by atoms with E-state index in [9.17, 15) is 19.5 Å². The molecule has 2 aliphatic heterocycles. The fourth-order valence-corrected chi connectivity index (χ4v) is 4.03. The largest absolute Gasteiger partial charge is 0.481 e. The second-order valence-electron chi connectivity index (χ2n) is 7.56. The number of carbonyl (C=O) groups excluding carboxylic acids is 2. The number of aryl methyl sites for hydroxylation is 1. The molecule has 1 aromatic rings. The Labute approximate surface area is 144 Å². The molecule has 3 heterocycles. The lowest BCUT2D eigenvalue weighted by molar-refractivity contribution is -0.150. The molecule has 0 unspecified atom stereocenters. The minimum Gasteiger partial charge on any atom is -0.481 e. The Kier molecular flexibility index (Phi) is 3.59. The third-order valence-corrected chi connectivity index (χ3v) is 5.58. The molecule has 134 valence electrons. The topological polar surface area (TPSA) is 104 Å². The van der Waals surface area contributed by atoms with Crippen LogP contribution in [0.4, 0.5) is 0 Å². The number of aromatic nitrogens is 1. The molecule has 3 fully saturated rings. The fraction of sp³-hybridized carbons (Fsp3) is 0.647. The molecule has 3 aliphatic rings. The van der Waals surface area contributed by atoms with Crippen molar-refractivity contribution in [2.45, 2.75) is 26.2 Å². The summed E-state index contributed by atoms with van der Waals surface area (Å²) in [4.78, 5) is 40.4. The van der Waals surface area contributed by atoms with Crippen molar-refractivity contribution < 1.29 is 24.0 Å². The van der Waals surface area contributed by atoms with Gasteiger partial charge in [-0.05, 0) is 25.7 Å². The van der Waals surface area contributed by atoms with Crippen LogP contribution >= 0.6 is 0 Å². The molecule has 4 rings (SSSR count). The molecule has 1 aromatic heterocycles. The van der Waals surface area contributed by atoms with Crippen molar-refractivity contribution in [1.82, 2.24) is 15.0 Å². The summed E-state index contributed by atoms with van der Waals surface area (Å²) in [5.74, 6) is -1.03. The Morgan fingerprint density at radius 2 is 2.16 bits per heavy atom. The van der Waals surface area contributed by atoms with Gasteiger partial charge in [0.1, 0.15) is 11.2 Å². The zero-order valence-electron chi connectivity index (χ0n) is 14.1. The highest BCUT2D eigenvalue weighted by Crippen LogP contribution is 2.45. The lowest BCUT2D eigenvalue weighted by Gasteiger charge is -2.25. The van der Waals surface area contributed by atoms with Crippen LogP contribution in [0.1, 0.15) is 24.3 Å². The first-order valence-corrected chi connectivity index (χ1v) is 8.61. The lowest BCUT2D eigenvalue weighted by Crippen LogP contribution is -2.42. The molecule has 0 spiro atoms. The first-order valence-electron chi connectivity index (χ1n) is 8.61. The maximum absolute atomic E-state index is 12.7. The van der Waals surface area contributed by atoms with Crippen LogP contribution in [0.15, 0.2) is 10.6 Å². The normalized spacial score (nSPS) is 28.5. The number of hydrogen-bond donors (Lipinski definition) is 1. The molecule has 1 N–H and O–H groups in total. The van der Waals surface area contributed by atoms with Gasteiger partial charge in [-0.3, -0.25) is 14.4 Å². The second-order valence-corrected chi connectivity index (χ2v) is 7.56. The molecular formula is C17H21N3O5. The van der Waals surface area contributed by atoms with Crippen LogP contribution in [0.3, 0.4) is 0 Å². The summed E-state index contributed by atoms with van der Waals surface area (Å²) in [6, 6.07) is 1.68. The van der Waals surface area contributed by atoms with Crippen LogP contribution in [0, 0.1) is 24.2 Å². The van der Waals surface area contributed by atoms with Gasteiger partial charge in [0, 0.05) is 32.2 Å². The summed E-state index contributed by atoms with van der Waals surface area (Å²) < 4.78 is 5.06. The molecule has 2 atom stereocenters. The Hall–Kier alpha value is -2.38. The quantitative estimate of drug-likeness (QED) is 0.822. The van der Waals surface area contributed by atoms with Crippen LogP contribution < -0.4 is 0 Å². The molecule has 0 aromatic carbocycles. The number of nitrogens with zero attached hydrogens (tertiary/aromatic N) is 3. The molecular weight excluding hydrogens is 326 g/mol. The number of aliphatic carboxylic acids is 1. The van der Waals surface area contributed by atoms with Crippen molar-refractivity contribution in [1.29, 1.82) is 0 Å². The van der Waals surface area contributed by atoms with Crippen molar-refractivity contribution in [3.05, 3.63) is 17.5 Å². The van der Waals surface area contributed by atoms with E-state index in [1.807, 2.05) is 0 Å². The molecule has 2 saturated heterocycles. The minimum atomic E-state index is -1.18. The van der Waals surface area contributed by atoms with Gasteiger partial charge in [0.15, 0.2) is 0 Å². The van der Waals surface area contributed by atoms with Crippen LogP contribution in [-0.4, -0.2) is 64.0 Å². The zero-order chi connectivity index (χ0) is 17.8. The smallest absolute Gasteiger partial charge is 0.314 e. The maximum Gasteiger partial charge on any atom is 0.314 e. The minimum absolute atomic E-state index is 0.0310. The Balaban J connectivity index is 1.49. The first-order chi connectivity index (χ1) is 11.9. The number of fused-ring (bicyclic) bond motifs is 1. The number of rotatable bonds is 5. The highest BCUT2D eigenvalue weighted by atomic mass is 16.5. The SMILES string of the molecule is Cc1cc(CC(=O)N2C[C@H]3C(=O)N(CC4CC4)C[C@@]3(C(=O)O)C2)on1. The van der Waals surface area contributed by atoms with E-state index < -0.39 is 17.3 Å². The third-order valence-electron chi connectivity index (χ3n) is 5.58. The molecule has 2 amide bonds. The Morgan fingerprint density at radius 1 is 1.40 bits per heavy atom. The van der Waals surface area contributed by atoms with Gasteiger partial charge in [0.25, 0.3) is 0 Å². The summed E-state index contributed by atoms with van der Waals surface area (Å²) in [6.07, 6.45) is 2.24. The van der Waals surface area contributed by atoms with Crippen LogP contribution in [0.25, 0.3) is 0 Å². The van der Waals surface area contributed by atoms with Gasteiger partial charge in [-0.15, -0.1) is 0 Å². The first kappa shape index (κ1) is 16.1. The van der Waals surface area contributed by atoms with E-state index in [1.165, 1.54) is 4.90 Å². The average Bonchev–Trinajstić information content (AvgIpc) is 3.03. The zero-order valence-corrected chi connectivity index (χ0v) is 14.1. The van der Waals surface area contributed by atoms with Gasteiger partial charge in [-0.25, -0.2) is 0 Å². The van der Waals surface area contributed by atoms with Crippen molar-refractivity contribution in [3.63, 3.8) is 0 Å². The highest BCUT2D eigenvalue weighted by molar-refractivity contribution is 5.94. The highest BCUT2D eigenvalue weighted by Gasteiger charge is 2.63. The number of likely N-dealkylation sites (tertiary alicyclic amines) is 2. The molecule has 8 heteroatoms. The molecule has 0 bridgehead atoms. The number of carboxylic acids is 1. The van der Waals surface area contributed by atoms with E-state index in [2.05, 4.69) is 5.16 Å². The van der Waals surface area contributed by atoms with Gasteiger partial charge in [-0.2, -0.15) is 0 Å². The summed E-state index contributed by atoms with van der Waals surface area (Å²) in [6.45, 7) is 2.86. The summed E-state index contributed by atoms with van der Waals surface area (Å²) >= 11 is 0. The van der Waals surface area contributed by atoms with Crippen molar-refractivity contribution in [2.75, 3.05) is 26.2 Å². The van der Waals surface area contributed by atoms with E-state index >= 15 is 0 Å². The molecule has 1 aliphatic carbocycles. The summed E-state index contributed by atoms with van der Waals surface area (Å²) in [5.41, 5.74) is -0.493. The van der Waals surface area contributed by atoms with Crippen molar-refractivity contribution in [2.24, 2.45) is 17.3 Å². The van der Waals surface area contributed by atoms with E-state index in [0.29, 0.717) is 23.9 Å². The van der Waals surface area contributed by atoms with E-state index in [-0.39, 0.29) is 37.9 Å². The Morgan fingerprint density at radius 3 is 2.72 bits per heavy atom. The van der Waals surface area contributed by atoms with E-state index in [0.717, 1.165) is 12.8 Å². The number of hydrogen-bond acceptors (Lipinski definition) is 5. The summed E-state index contributed by atoms with van der Waals surface area (Å²) in [5, 5.41) is 13.6. The molecule has 0 radical (unpaired) electrons. The number of carbonyl (C=O) groups is 3.